The van der Waals surface area contributed by atoms with Crippen molar-refractivity contribution in [1.29, 1.82) is 0 Å². The lowest BCUT2D eigenvalue weighted by Crippen LogP contribution is -2.36. The second kappa shape index (κ2) is 7.05. The van der Waals surface area contributed by atoms with E-state index in [-0.39, 0.29) is 6.10 Å². The zero-order chi connectivity index (χ0) is 19.8. The van der Waals surface area contributed by atoms with Crippen molar-refractivity contribution in [1.82, 2.24) is 14.9 Å². The molecule has 1 N–H and O–H groups in total. The van der Waals surface area contributed by atoms with Gasteiger partial charge < -0.3 is 14.6 Å². The molecule has 0 aliphatic carbocycles. The molecule has 0 bridgehead atoms. The van der Waals surface area contributed by atoms with E-state index in [2.05, 4.69) is 9.97 Å². The van der Waals surface area contributed by atoms with Crippen LogP contribution in [0.15, 0.2) is 66.9 Å². The molecule has 29 heavy (non-hydrogen) atoms. The number of nitrogens with one attached hydrogen (secondary N) is 1. The highest BCUT2D eigenvalue weighted by molar-refractivity contribution is 6.44. The van der Waals surface area contributed by atoms with Gasteiger partial charge in [0.2, 0.25) is 5.88 Å². The number of carbonyl (C=O) groups is 2. The predicted molar refractivity (Wildman–Crippen MR) is 110 cm³/mol. The van der Waals surface area contributed by atoms with Crippen LogP contribution in [0.5, 0.6) is 5.88 Å². The Balaban J connectivity index is 1.28. The zero-order valence-corrected chi connectivity index (χ0v) is 15.7. The average molecular weight is 385 g/mol. The van der Waals surface area contributed by atoms with Crippen molar-refractivity contribution in [2.75, 3.05) is 13.1 Å². The van der Waals surface area contributed by atoms with Crippen LogP contribution in [0.4, 0.5) is 0 Å². The lowest BCUT2D eigenvalue weighted by Gasteiger charge is -2.16. The smallest absolute Gasteiger partial charge is 0.295 e. The Hall–Kier alpha value is -3.67. The topological polar surface area (TPSA) is 75.3 Å². The molecule has 5 rings (SSSR count). The first-order valence-electron chi connectivity index (χ1n) is 9.61. The number of fused-ring (bicyclic) bond motifs is 2. The van der Waals surface area contributed by atoms with E-state index in [1.165, 1.54) is 0 Å². The number of amides is 1. The van der Waals surface area contributed by atoms with E-state index in [9.17, 15) is 9.59 Å². The molecule has 144 valence electrons. The third-order valence-electron chi connectivity index (χ3n) is 5.32. The maximum atomic E-state index is 12.8. The number of ketones is 1. The van der Waals surface area contributed by atoms with Gasteiger partial charge in [-0.3, -0.25) is 9.59 Å². The fourth-order valence-electron chi connectivity index (χ4n) is 3.81. The number of para-hydroxylation sites is 2. The molecule has 4 aromatic rings. The molecule has 1 unspecified atom stereocenters. The zero-order valence-electron chi connectivity index (χ0n) is 15.7. The third kappa shape index (κ3) is 3.23. The summed E-state index contributed by atoms with van der Waals surface area (Å²) in [4.78, 5) is 34.6. The lowest BCUT2D eigenvalue weighted by atomic mass is 10.1. The average Bonchev–Trinajstić information content (AvgIpc) is 3.40. The van der Waals surface area contributed by atoms with Crippen molar-refractivity contribution in [2.45, 2.75) is 12.5 Å². The molecule has 6 nitrogen and oxygen atoms in total. The maximum absolute atomic E-state index is 12.8. The Labute approximate surface area is 167 Å². The van der Waals surface area contributed by atoms with E-state index >= 15 is 0 Å². The monoisotopic (exact) mass is 385 g/mol. The second-order valence-corrected chi connectivity index (χ2v) is 7.20. The molecular formula is C23H19N3O3. The molecule has 1 aliphatic heterocycles. The molecule has 2 aromatic heterocycles. The van der Waals surface area contributed by atoms with Gasteiger partial charge in [0.25, 0.3) is 11.7 Å². The summed E-state index contributed by atoms with van der Waals surface area (Å²) in [5, 5.41) is 1.81. The molecule has 0 radical (unpaired) electrons. The summed E-state index contributed by atoms with van der Waals surface area (Å²) in [6.45, 7) is 0.868. The van der Waals surface area contributed by atoms with Crippen LogP contribution in [-0.2, 0) is 4.79 Å². The quantitative estimate of drug-likeness (QED) is 0.430. The number of carbonyl (C=O) groups excluding carboxylic acids is 2. The van der Waals surface area contributed by atoms with Gasteiger partial charge in [0, 0.05) is 41.5 Å². The van der Waals surface area contributed by atoms with Crippen molar-refractivity contribution in [3.63, 3.8) is 0 Å². The Morgan fingerprint density at radius 2 is 1.86 bits per heavy atom. The van der Waals surface area contributed by atoms with Crippen LogP contribution in [0.2, 0.25) is 0 Å². The molecule has 0 spiro atoms. The summed E-state index contributed by atoms with van der Waals surface area (Å²) < 4.78 is 5.98. The Kier molecular flexibility index (Phi) is 4.24. The van der Waals surface area contributed by atoms with Crippen molar-refractivity contribution in [2.24, 2.45) is 0 Å². The van der Waals surface area contributed by atoms with E-state index in [4.69, 9.17) is 4.74 Å². The van der Waals surface area contributed by atoms with Crippen LogP contribution < -0.4 is 4.74 Å². The standard InChI is InChI=1S/C23H19N3O3/c27-22(18-13-24-20-8-4-2-6-17(18)20)23(28)26-12-11-16(14-26)29-21-10-9-15-5-1-3-7-19(15)25-21/h1-10,13,16,24H,11-12,14H2. The summed E-state index contributed by atoms with van der Waals surface area (Å²) in [5.74, 6) is -0.454. The molecule has 3 heterocycles. The first-order valence-corrected chi connectivity index (χ1v) is 9.61. The molecule has 1 fully saturated rings. The first kappa shape index (κ1) is 17.4. The summed E-state index contributed by atoms with van der Waals surface area (Å²) in [7, 11) is 0. The molecule has 1 aliphatic rings. The predicted octanol–water partition coefficient (Wildman–Crippen LogP) is 3.58. The number of likely N-dealkylation sites (tertiary alicyclic amines) is 1. The normalized spacial score (nSPS) is 16.4. The number of rotatable bonds is 4. The number of H-pyrrole nitrogens is 1. The van der Waals surface area contributed by atoms with E-state index in [0.29, 0.717) is 31.0 Å². The minimum atomic E-state index is -0.494. The van der Waals surface area contributed by atoms with E-state index in [1.54, 1.807) is 11.1 Å². The van der Waals surface area contributed by atoms with Gasteiger partial charge in [-0.15, -0.1) is 0 Å². The van der Waals surface area contributed by atoms with Crippen LogP contribution >= 0.6 is 0 Å². The van der Waals surface area contributed by atoms with Crippen LogP contribution in [0.1, 0.15) is 16.8 Å². The fraction of sp³-hybridized carbons (Fsp3) is 0.174. The van der Waals surface area contributed by atoms with Gasteiger partial charge in [-0.25, -0.2) is 4.98 Å². The molecule has 0 saturated carbocycles. The van der Waals surface area contributed by atoms with Gasteiger partial charge in [-0.05, 0) is 18.2 Å². The summed E-state index contributed by atoms with van der Waals surface area (Å²) >= 11 is 0. The molecule has 2 aromatic carbocycles. The highest BCUT2D eigenvalue weighted by atomic mass is 16.5. The number of aromatic amines is 1. The molecule has 6 heteroatoms. The van der Waals surface area contributed by atoms with Crippen molar-refractivity contribution in [3.8, 4) is 5.88 Å². The van der Waals surface area contributed by atoms with Crippen molar-refractivity contribution >= 4 is 33.5 Å². The highest BCUT2D eigenvalue weighted by Crippen LogP contribution is 2.22. The van der Waals surface area contributed by atoms with Gasteiger partial charge in [0.1, 0.15) is 6.10 Å². The number of ether oxygens (including phenoxy) is 1. The summed E-state index contributed by atoms with van der Waals surface area (Å²) in [6.07, 6.45) is 2.10. The maximum Gasteiger partial charge on any atom is 0.295 e. The number of Topliss-reactive ketones (excluding diaryl/α,β-unsaturated/α-hetero) is 1. The van der Waals surface area contributed by atoms with Crippen LogP contribution in [0.25, 0.3) is 21.8 Å². The van der Waals surface area contributed by atoms with Crippen LogP contribution in [-0.4, -0.2) is 45.8 Å². The minimum Gasteiger partial charge on any atom is -0.472 e. The molecule has 1 saturated heterocycles. The van der Waals surface area contributed by atoms with E-state index in [1.807, 2.05) is 60.7 Å². The minimum absolute atomic E-state index is 0.177. The first-order chi connectivity index (χ1) is 14.2. The summed E-state index contributed by atoms with van der Waals surface area (Å²) in [5.41, 5.74) is 2.12. The Morgan fingerprint density at radius 3 is 2.79 bits per heavy atom. The largest absolute Gasteiger partial charge is 0.472 e. The molecular weight excluding hydrogens is 366 g/mol. The third-order valence-corrected chi connectivity index (χ3v) is 5.32. The number of pyridine rings is 1. The molecule has 1 amide bonds. The van der Waals surface area contributed by atoms with E-state index < -0.39 is 11.7 Å². The van der Waals surface area contributed by atoms with Gasteiger partial charge in [0.05, 0.1) is 17.6 Å². The number of nitrogens with zero attached hydrogens (tertiary/aromatic N) is 2. The van der Waals surface area contributed by atoms with Gasteiger partial charge in [-0.2, -0.15) is 0 Å². The van der Waals surface area contributed by atoms with Gasteiger partial charge in [0.15, 0.2) is 0 Å². The Morgan fingerprint density at radius 1 is 1.03 bits per heavy atom. The number of hydrogen-bond donors (Lipinski definition) is 1. The van der Waals surface area contributed by atoms with Crippen LogP contribution in [0.3, 0.4) is 0 Å². The number of hydrogen-bond acceptors (Lipinski definition) is 4. The highest BCUT2D eigenvalue weighted by Gasteiger charge is 2.32. The lowest BCUT2D eigenvalue weighted by molar-refractivity contribution is -0.125. The van der Waals surface area contributed by atoms with Crippen molar-refractivity contribution in [3.05, 3.63) is 72.4 Å². The molecule has 1 atom stereocenters. The number of aromatic nitrogens is 2. The van der Waals surface area contributed by atoms with E-state index in [0.717, 1.165) is 21.8 Å². The SMILES string of the molecule is O=C(C(=O)N1CCC(Oc2ccc3ccccc3n2)C1)c1c[nH]c2ccccc12. The van der Waals surface area contributed by atoms with Gasteiger partial charge >= 0.3 is 0 Å². The fourth-order valence-corrected chi connectivity index (χ4v) is 3.81. The van der Waals surface area contributed by atoms with Gasteiger partial charge in [-0.1, -0.05) is 36.4 Å². The second-order valence-electron chi connectivity index (χ2n) is 7.20. The van der Waals surface area contributed by atoms with Crippen LogP contribution in [0, 0.1) is 0 Å². The van der Waals surface area contributed by atoms with Crippen molar-refractivity contribution < 1.29 is 14.3 Å². The summed E-state index contributed by atoms with van der Waals surface area (Å²) in [6, 6.07) is 19.1. The number of benzene rings is 2. The Bertz CT molecular complexity index is 1230.